The zero-order valence-electron chi connectivity index (χ0n) is 10.5. The third-order valence-corrected chi connectivity index (χ3v) is 2.08. The first-order valence-electron chi connectivity index (χ1n) is 5.81. The van der Waals surface area contributed by atoms with Gasteiger partial charge in [-0.1, -0.05) is 0 Å². The first-order chi connectivity index (χ1) is 8.69. The molecule has 1 heterocycles. The number of amides is 2. The maximum Gasteiger partial charge on any atom is 0.257 e. The molecule has 0 aliphatic carbocycles. The van der Waals surface area contributed by atoms with E-state index in [-0.39, 0.29) is 24.2 Å². The van der Waals surface area contributed by atoms with E-state index in [0.29, 0.717) is 18.7 Å². The number of ether oxygens (including phenoxy) is 1. The van der Waals surface area contributed by atoms with Crippen molar-refractivity contribution in [1.29, 1.82) is 0 Å². The van der Waals surface area contributed by atoms with Crippen LogP contribution in [0.15, 0.2) is 18.3 Å². The van der Waals surface area contributed by atoms with Gasteiger partial charge in [-0.3, -0.25) is 9.59 Å². The highest BCUT2D eigenvalue weighted by Crippen LogP contribution is 2.13. The van der Waals surface area contributed by atoms with Gasteiger partial charge in [-0.25, -0.2) is 4.98 Å². The minimum Gasteiger partial charge on any atom is -0.477 e. The lowest BCUT2D eigenvalue weighted by molar-refractivity contribution is -0.120. The van der Waals surface area contributed by atoms with Gasteiger partial charge in [0.1, 0.15) is 5.56 Å². The van der Waals surface area contributed by atoms with Crippen molar-refractivity contribution >= 4 is 11.8 Å². The van der Waals surface area contributed by atoms with E-state index in [0.717, 1.165) is 0 Å². The van der Waals surface area contributed by atoms with E-state index in [4.69, 9.17) is 4.74 Å². The standard InChI is InChI=1S/C12H17N3O3/c1-3-13-10(16)8-15-11(17)9-6-5-7-14-12(9)18-4-2/h5-7H,3-4,8H2,1-2H3,(H,13,16)(H,15,17). The molecule has 6 heteroatoms. The first-order valence-corrected chi connectivity index (χ1v) is 5.81. The van der Waals surface area contributed by atoms with E-state index in [2.05, 4.69) is 15.6 Å². The summed E-state index contributed by atoms with van der Waals surface area (Å²) in [6, 6.07) is 3.24. The fourth-order valence-electron chi connectivity index (χ4n) is 1.33. The first kappa shape index (κ1) is 14.0. The van der Waals surface area contributed by atoms with Crippen molar-refractivity contribution in [3.05, 3.63) is 23.9 Å². The summed E-state index contributed by atoms with van der Waals surface area (Å²) in [5.41, 5.74) is 0.323. The normalized spacial score (nSPS) is 9.67. The number of aromatic nitrogens is 1. The van der Waals surface area contributed by atoms with Crippen LogP contribution in [0.5, 0.6) is 5.88 Å². The molecule has 0 aliphatic heterocycles. The molecule has 2 amide bonds. The molecule has 0 aliphatic rings. The van der Waals surface area contributed by atoms with Gasteiger partial charge in [0.05, 0.1) is 13.2 Å². The summed E-state index contributed by atoms with van der Waals surface area (Å²) in [4.78, 5) is 27.0. The van der Waals surface area contributed by atoms with Crippen molar-refractivity contribution in [2.45, 2.75) is 13.8 Å². The van der Waals surface area contributed by atoms with Crippen LogP contribution in [0.4, 0.5) is 0 Å². The number of carbonyl (C=O) groups is 2. The molecule has 0 bridgehead atoms. The third-order valence-electron chi connectivity index (χ3n) is 2.08. The van der Waals surface area contributed by atoms with Crippen molar-refractivity contribution in [3.8, 4) is 5.88 Å². The summed E-state index contributed by atoms with van der Waals surface area (Å²) in [5.74, 6) is -0.334. The lowest BCUT2D eigenvalue weighted by Crippen LogP contribution is -2.36. The molecule has 0 unspecified atom stereocenters. The number of rotatable bonds is 6. The Balaban J connectivity index is 2.63. The molecule has 1 rings (SSSR count). The van der Waals surface area contributed by atoms with E-state index in [1.165, 1.54) is 0 Å². The molecule has 0 fully saturated rings. The summed E-state index contributed by atoms with van der Waals surface area (Å²) in [7, 11) is 0. The fraction of sp³-hybridized carbons (Fsp3) is 0.417. The van der Waals surface area contributed by atoms with Crippen LogP contribution in [0.1, 0.15) is 24.2 Å². The zero-order chi connectivity index (χ0) is 13.4. The van der Waals surface area contributed by atoms with Gasteiger partial charge >= 0.3 is 0 Å². The van der Waals surface area contributed by atoms with E-state index in [1.54, 1.807) is 18.3 Å². The highest BCUT2D eigenvalue weighted by atomic mass is 16.5. The average molecular weight is 251 g/mol. The van der Waals surface area contributed by atoms with Crippen LogP contribution in [-0.4, -0.2) is 36.5 Å². The third kappa shape index (κ3) is 4.04. The van der Waals surface area contributed by atoms with Crippen molar-refractivity contribution in [2.75, 3.05) is 19.7 Å². The maximum atomic E-state index is 11.8. The lowest BCUT2D eigenvalue weighted by Gasteiger charge is -2.09. The summed E-state index contributed by atoms with van der Waals surface area (Å²) >= 11 is 0. The van der Waals surface area contributed by atoms with E-state index >= 15 is 0 Å². The molecule has 0 spiro atoms. The number of nitrogens with zero attached hydrogens (tertiary/aromatic N) is 1. The van der Waals surface area contributed by atoms with Crippen LogP contribution in [0.3, 0.4) is 0 Å². The lowest BCUT2D eigenvalue weighted by atomic mass is 10.2. The van der Waals surface area contributed by atoms with Crippen LogP contribution in [0.2, 0.25) is 0 Å². The number of nitrogens with one attached hydrogen (secondary N) is 2. The van der Waals surface area contributed by atoms with Gasteiger partial charge in [-0.15, -0.1) is 0 Å². The van der Waals surface area contributed by atoms with Gasteiger partial charge in [0, 0.05) is 12.7 Å². The van der Waals surface area contributed by atoms with Crippen LogP contribution < -0.4 is 15.4 Å². The second-order valence-electron chi connectivity index (χ2n) is 3.43. The van der Waals surface area contributed by atoms with Crippen LogP contribution in [0.25, 0.3) is 0 Å². The molecule has 0 radical (unpaired) electrons. The molecule has 0 saturated heterocycles. The molecular formula is C12H17N3O3. The topological polar surface area (TPSA) is 80.3 Å². The summed E-state index contributed by atoms with van der Waals surface area (Å²) in [6.07, 6.45) is 1.55. The molecule has 18 heavy (non-hydrogen) atoms. The number of likely N-dealkylation sites (N-methyl/N-ethyl adjacent to an activating group) is 1. The second-order valence-corrected chi connectivity index (χ2v) is 3.43. The molecule has 0 aromatic carbocycles. The molecule has 1 aromatic rings. The number of hydrogen-bond acceptors (Lipinski definition) is 4. The quantitative estimate of drug-likeness (QED) is 0.764. The smallest absolute Gasteiger partial charge is 0.257 e. The predicted octanol–water partition coefficient (Wildman–Crippen LogP) is 0.346. The Morgan fingerprint density at radius 2 is 2.11 bits per heavy atom. The Hall–Kier alpha value is -2.11. The van der Waals surface area contributed by atoms with Crippen LogP contribution in [0, 0.1) is 0 Å². The Labute approximate surface area is 106 Å². The largest absolute Gasteiger partial charge is 0.477 e. The van der Waals surface area contributed by atoms with Crippen LogP contribution in [-0.2, 0) is 4.79 Å². The second kappa shape index (κ2) is 7.26. The Morgan fingerprint density at radius 1 is 1.33 bits per heavy atom. The van der Waals surface area contributed by atoms with Crippen LogP contribution >= 0.6 is 0 Å². The molecule has 1 aromatic heterocycles. The predicted molar refractivity (Wildman–Crippen MR) is 66.4 cm³/mol. The molecular weight excluding hydrogens is 234 g/mol. The summed E-state index contributed by atoms with van der Waals surface area (Å²) in [5, 5.41) is 5.10. The summed E-state index contributed by atoms with van der Waals surface area (Å²) < 4.78 is 5.24. The van der Waals surface area contributed by atoms with E-state index in [9.17, 15) is 9.59 Å². The Bertz CT molecular complexity index is 421. The molecule has 0 atom stereocenters. The number of hydrogen-bond donors (Lipinski definition) is 2. The van der Waals surface area contributed by atoms with Crippen molar-refractivity contribution in [3.63, 3.8) is 0 Å². The van der Waals surface area contributed by atoms with Gasteiger partial charge in [-0.05, 0) is 26.0 Å². The molecule has 6 nitrogen and oxygen atoms in total. The van der Waals surface area contributed by atoms with E-state index < -0.39 is 0 Å². The van der Waals surface area contributed by atoms with Gasteiger partial charge in [0.25, 0.3) is 5.91 Å². The number of carbonyl (C=O) groups excluding carboxylic acids is 2. The molecule has 2 N–H and O–H groups in total. The van der Waals surface area contributed by atoms with Crippen molar-refractivity contribution < 1.29 is 14.3 Å². The number of pyridine rings is 1. The Kier molecular flexibility index (Phi) is 5.63. The monoisotopic (exact) mass is 251 g/mol. The molecule has 0 saturated carbocycles. The average Bonchev–Trinajstić information content (AvgIpc) is 2.37. The SMILES string of the molecule is CCNC(=O)CNC(=O)c1cccnc1OCC. The van der Waals surface area contributed by atoms with Gasteiger partial charge in [0.2, 0.25) is 11.8 Å². The van der Waals surface area contributed by atoms with Crippen molar-refractivity contribution in [2.24, 2.45) is 0 Å². The Morgan fingerprint density at radius 3 is 2.78 bits per heavy atom. The fourth-order valence-corrected chi connectivity index (χ4v) is 1.33. The minimum atomic E-state index is -0.377. The van der Waals surface area contributed by atoms with Gasteiger partial charge in [-0.2, -0.15) is 0 Å². The maximum absolute atomic E-state index is 11.8. The highest BCUT2D eigenvalue weighted by molar-refractivity contribution is 5.98. The van der Waals surface area contributed by atoms with E-state index in [1.807, 2.05) is 13.8 Å². The minimum absolute atomic E-state index is 0.0624. The highest BCUT2D eigenvalue weighted by Gasteiger charge is 2.13. The zero-order valence-corrected chi connectivity index (χ0v) is 10.5. The van der Waals surface area contributed by atoms with Crippen molar-refractivity contribution in [1.82, 2.24) is 15.6 Å². The summed E-state index contributed by atoms with van der Waals surface area (Å²) in [6.45, 7) is 4.52. The van der Waals surface area contributed by atoms with Gasteiger partial charge in [0.15, 0.2) is 0 Å². The van der Waals surface area contributed by atoms with Gasteiger partial charge < -0.3 is 15.4 Å². The molecule has 98 valence electrons.